The van der Waals surface area contributed by atoms with E-state index in [1.807, 2.05) is 36.4 Å². The molecule has 0 aromatic heterocycles. The molecule has 0 atom stereocenters. The van der Waals surface area contributed by atoms with Gasteiger partial charge in [0.1, 0.15) is 0 Å². The van der Waals surface area contributed by atoms with E-state index in [2.05, 4.69) is 47.5 Å². The van der Waals surface area contributed by atoms with Crippen LogP contribution in [-0.4, -0.2) is 5.71 Å². The second kappa shape index (κ2) is 5.49. The van der Waals surface area contributed by atoms with E-state index in [1.54, 1.807) is 0 Å². The van der Waals surface area contributed by atoms with Gasteiger partial charge in [-0.25, -0.2) is 0 Å². The maximum Gasteiger partial charge on any atom is 0.0669 e. The zero-order valence-corrected chi connectivity index (χ0v) is 10.7. The van der Waals surface area contributed by atoms with Gasteiger partial charge in [0.05, 0.1) is 5.70 Å². The Morgan fingerprint density at radius 1 is 0.789 bits per heavy atom. The molecule has 1 heteroatoms. The van der Waals surface area contributed by atoms with E-state index >= 15 is 0 Å². The first-order chi connectivity index (χ1) is 9.42. The average Bonchev–Trinajstić information content (AvgIpc) is 2.96. The number of rotatable bonds is 3. The van der Waals surface area contributed by atoms with Crippen LogP contribution in [0.4, 0.5) is 0 Å². The van der Waals surface area contributed by atoms with E-state index in [0.717, 1.165) is 17.8 Å². The Morgan fingerprint density at radius 3 is 2.21 bits per heavy atom. The van der Waals surface area contributed by atoms with Crippen LogP contribution in [0.15, 0.2) is 77.8 Å². The second-order valence-electron chi connectivity index (χ2n) is 4.51. The number of hydrogen-bond acceptors (Lipinski definition) is 1. The van der Waals surface area contributed by atoms with Crippen molar-refractivity contribution in [3.8, 4) is 0 Å². The van der Waals surface area contributed by atoms with Crippen LogP contribution in [0.5, 0.6) is 0 Å². The molecule has 0 saturated carbocycles. The SMILES string of the molecule is C1=C(c2ccccc2)N=C(/C=C/c2ccccc2)C1. The van der Waals surface area contributed by atoms with Gasteiger partial charge in [-0.1, -0.05) is 72.8 Å². The Hall–Kier alpha value is -2.41. The van der Waals surface area contributed by atoms with Crippen molar-refractivity contribution in [1.29, 1.82) is 0 Å². The third kappa shape index (κ3) is 2.89. The summed E-state index contributed by atoms with van der Waals surface area (Å²) in [7, 11) is 0. The van der Waals surface area contributed by atoms with Crippen molar-refractivity contribution in [3.63, 3.8) is 0 Å². The minimum Gasteiger partial charge on any atom is -0.253 e. The van der Waals surface area contributed by atoms with E-state index in [9.17, 15) is 0 Å². The summed E-state index contributed by atoms with van der Waals surface area (Å²) in [5, 5.41) is 0. The molecule has 0 radical (unpaired) electrons. The fourth-order valence-electron chi connectivity index (χ4n) is 2.10. The Kier molecular flexibility index (Phi) is 3.37. The molecule has 0 unspecified atom stereocenters. The standard InChI is InChI=1S/C18H15N/c1-3-7-15(8-4-1)11-12-17-13-14-18(19-17)16-9-5-2-6-10-16/h1-12,14H,13H2/b12-11+. The molecule has 0 saturated heterocycles. The second-order valence-corrected chi connectivity index (χ2v) is 4.51. The monoisotopic (exact) mass is 245 g/mol. The lowest BCUT2D eigenvalue weighted by molar-refractivity contribution is 1.53. The quantitative estimate of drug-likeness (QED) is 0.750. The predicted molar refractivity (Wildman–Crippen MR) is 81.9 cm³/mol. The first-order valence-corrected chi connectivity index (χ1v) is 6.48. The number of hydrogen-bond donors (Lipinski definition) is 0. The highest BCUT2D eigenvalue weighted by Gasteiger charge is 2.07. The maximum absolute atomic E-state index is 4.66. The van der Waals surface area contributed by atoms with Crippen LogP contribution in [-0.2, 0) is 0 Å². The summed E-state index contributed by atoms with van der Waals surface area (Å²) in [5.41, 5.74) is 4.58. The van der Waals surface area contributed by atoms with E-state index in [-0.39, 0.29) is 0 Å². The van der Waals surface area contributed by atoms with E-state index in [0.29, 0.717) is 0 Å². The van der Waals surface area contributed by atoms with Gasteiger partial charge in [0.2, 0.25) is 0 Å². The van der Waals surface area contributed by atoms with Crippen LogP contribution in [0.2, 0.25) is 0 Å². The highest BCUT2D eigenvalue weighted by atomic mass is 14.8. The number of benzene rings is 2. The molecule has 3 rings (SSSR count). The molecule has 1 aliphatic heterocycles. The summed E-state index contributed by atoms with van der Waals surface area (Å²) in [6.07, 6.45) is 7.30. The smallest absolute Gasteiger partial charge is 0.0669 e. The summed E-state index contributed by atoms with van der Waals surface area (Å²) in [4.78, 5) is 4.66. The Labute approximate surface area is 113 Å². The lowest BCUT2D eigenvalue weighted by Crippen LogP contribution is -1.85. The summed E-state index contributed by atoms with van der Waals surface area (Å²) in [5.74, 6) is 0. The van der Waals surface area contributed by atoms with E-state index in [1.165, 1.54) is 11.1 Å². The topological polar surface area (TPSA) is 12.4 Å². The molecule has 0 N–H and O–H groups in total. The molecule has 19 heavy (non-hydrogen) atoms. The Balaban J connectivity index is 1.74. The van der Waals surface area contributed by atoms with Crippen LogP contribution in [0.25, 0.3) is 11.8 Å². The molecule has 92 valence electrons. The number of aliphatic imine (C=N–C) groups is 1. The Morgan fingerprint density at radius 2 is 1.47 bits per heavy atom. The van der Waals surface area contributed by atoms with Crippen LogP contribution in [0, 0.1) is 0 Å². The molecule has 1 nitrogen and oxygen atoms in total. The molecule has 0 amide bonds. The average molecular weight is 245 g/mol. The molecule has 1 heterocycles. The van der Waals surface area contributed by atoms with Gasteiger partial charge in [0.25, 0.3) is 0 Å². The third-order valence-electron chi connectivity index (χ3n) is 3.11. The molecule has 2 aromatic carbocycles. The highest BCUT2D eigenvalue weighted by molar-refractivity contribution is 6.05. The van der Waals surface area contributed by atoms with Gasteiger partial charge in [0.15, 0.2) is 0 Å². The fourth-order valence-corrected chi connectivity index (χ4v) is 2.10. The summed E-state index contributed by atoms with van der Waals surface area (Å²) < 4.78 is 0. The Bertz CT molecular complexity index is 634. The summed E-state index contributed by atoms with van der Waals surface area (Å²) in [6.45, 7) is 0. The lowest BCUT2D eigenvalue weighted by Gasteiger charge is -1.97. The highest BCUT2D eigenvalue weighted by Crippen LogP contribution is 2.22. The normalized spacial score (nSPS) is 14.5. The molecular formula is C18H15N. The van der Waals surface area contributed by atoms with Crippen LogP contribution < -0.4 is 0 Å². The predicted octanol–water partition coefficient (Wildman–Crippen LogP) is 4.59. The van der Waals surface area contributed by atoms with Gasteiger partial charge in [0, 0.05) is 12.1 Å². The molecule has 0 bridgehead atoms. The number of nitrogens with zero attached hydrogens (tertiary/aromatic N) is 1. The van der Waals surface area contributed by atoms with Crippen molar-refractivity contribution in [2.45, 2.75) is 6.42 Å². The fraction of sp³-hybridized carbons (Fsp3) is 0.0556. The molecule has 0 aliphatic carbocycles. The lowest BCUT2D eigenvalue weighted by atomic mass is 10.1. The van der Waals surface area contributed by atoms with Gasteiger partial charge in [-0.3, -0.25) is 4.99 Å². The van der Waals surface area contributed by atoms with Crippen molar-refractivity contribution in [2.75, 3.05) is 0 Å². The van der Waals surface area contributed by atoms with E-state index in [4.69, 9.17) is 0 Å². The zero-order valence-electron chi connectivity index (χ0n) is 10.7. The van der Waals surface area contributed by atoms with Gasteiger partial charge < -0.3 is 0 Å². The van der Waals surface area contributed by atoms with Crippen LogP contribution >= 0.6 is 0 Å². The van der Waals surface area contributed by atoms with Gasteiger partial charge in [-0.05, 0) is 17.2 Å². The summed E-state index contributed by atoms with van der Waals surface area (Å²) in [6, 6.07) is 20.6. The van der Waals surface area contributed by atoms with E-state index < -0.39 is 0 Å². The first-order valence-electron chi connectivity index (χ1n) is 6.48. The largest absolute Gasteiger partial charge is 0.253 e. The molecule has 1 aliphatic rings. The minimum atomic E-state index is 0.910. The minimum absolute atomic E-state index is 0.910. The number of allylic oxidation sites excluding steroid dienone is 2. The molecular weight excluding hydrogens is 230 g/mol. The van der Waals surface area contributed by atoms with Crippen molar-refractivity contribution in [1.82, 2.24) is 0 Å². The van der Waals surface area contributed by atoms with Crippen molar-refractivity contribution >= 4 is 17.5 Å². The first kappa shape index (κ1) is 11.7. The van der Waals surface area contributed by atoms with Crippen molar-refractivity contribution < 1.29 is 0 Å². The maximum atomic E-state index is 4.66. The summed E-state index contributed by atoms with van der Waals surface area (Å²) >= 11 is 0. The zero-order chi connectivity index (χ0) is 12.9. The van der Waals surface area contributed by atoms with Crippen LogP contribution in [0.1, 0.15) is 17.5 Å². The molecule has 0 fully saturated rings. The molecule has 2 aromatic rings. The van der Waals surface area contributed by atoms with Gasteiger partial charge in [-0.2, -0.15) is 0 Å². The van der Waals surface area contributed by atoms with Gasteiger partial charge >= 0.3 is 0 Å². The van der Waals surface area contributed by atoms with Crippen molar-refractivity contribution in [2.24, 2.45) is 4.99 Å². The van der Waals surface area contributed by atoms with Gasteiger partial charge in [-0.15, -0.1) is 0 Å². The van der Waals surface area contributed by atoms with Crippen LogP contribution in [0.3, 0.4) is 0 Å². The third-order valence-corrected chi connectivity index (χ3v) is 3.11. The molecule has 0 spiro atoms. The van der Waals surface area contributed by atoms with Crippen molar-refractivity contribution in [3.05, 3.63) is 83.9 Å².